The van der Waals surface area contributed by atoms with Crippen molar-refractivity contribution in [3.8, 4) is 0 Å². The molecule has 1 fully saturated rings. The minimum absolute atomic E-state index is 0.242. The highest BCUT2D eigenvalue weighted by atomic mass is 16.1. The standard InChI is InChI=1S/C21H23N7O/c1-15-4-5-17(12-16(15)2)26-20(29)18-13-19(25-14-24-18)27-8-10-28(11-9-27)21-22-6-3-7-23-21/h3-7,12-14H,8-11H2,1-2H3,(H,26,29). The molecule has 0 atom stereocenters. The zero-order valence-electron chi connectivity index (χ0n) is 16.5. The lowest BCUT2D eigenvalue weighted by atomic mass is 10.1. The van der Waals surface area contributed by atoms with E-state index in [-0.39, 0.29) is 5.91 Å². The number of carbonyl (C=O) groups is 1. The average molecular weight is 389 g/mol. The first kappa shape index (κ1) is 18.8. The van der Waals surface area contributed by atoms with Crippen LogP contribution in [-0.4, -0.2) is 52.0 Å². The van der Waals surface area contributed by atoms with Crippen molar-refractivity contribution in [2.45, 2.75) is 13.8 Å². The molecule has 0 aliphatic carbocycles. The van der Waals surface area contributed by atoms with Crippen LogP contribution >= 0.6 is 0 Å². The minimum atomic E-state index is -0.242. The van der Waals surface area contributed by atoms with E-state index in [4.69, 9.17) is 0 Å². The van der Waals surface area contributed by atoms with E-state index >= 15 is 0 Å². The van der Waals surface area contributed by atoms with Gasteiger partial charge in [0.1, 0.15) is 17.8 Å². The Labute approximate surface area is 169 Å². The summed E-state index contributed by atoms with van der Waals surface area (Å²) >= 11 is 0. The number of hydrogen-bond donors (Lipinski definition) is 1. The summed E-state index contributed by atoms with van der Waals surface area (Å²) in [4.78, 5) is 34.1. The molecule has 0 bridgehead atoms. The van der Waals surface area contributed by atoms with Gasteiger partial charge in [0.15, 0.2) is 0 Å². The fourth-order valence-corrected chi connectivity index (χ4v) is 3.25. The highest BCUT2D eigenvalue weighted by molar-refractivity contribution is 6.03. The summed E-state index contributed by atoms with van der Waals surface area (Å²) in [6.45, 7) is 7.19. The Morgan fingerprint density at radius 1 is 0.897 bits per heavy atom. The quantitative estimate of drug-likeness (QED) is 0.733. The van der Waals surface area contributed by atoms with E-state index < -0.39 is 0 Å². The van der Waals surface area contributed by atoms with Crippen molar-refractivity contribution in [1.82, 2.24) is 19.9 Å². The van der Waals surface area contributed by atoms with E-state index in [9.17, 15) is 4.79 Å². The Morgan fingerprint density at radius 3 is 2.34 bits per heavy atom. The maximum atomic E-state index is 12.6. The third kappa shape index (κ3) is 4.31. The Hall–Kier alpha value is -3.55. The van der Waals surface area contributed by atoms with Crippen molar-refractivity contribution >= 4 is 23.4 Å². The van der Waals surface area contributed by atoms with Crippen molar-refractivity contribution < 1.29 is 4.79 Å². The molecule has 1 N–H and O–H groups in total. The number of rotatable bonds is 4. The number of anilines is 3. The number of nitrogens with zero attached hydrogens (tertiary/aromatic N) is 6. The maximum absolute atomic E-state index is 12.6. The SMILES string of the molecule is Cc1ccc(NC(=O)c2cc(N3CCN(c4ncccn4)CC3)ncn2)cc1C. The predicted octanol–water partition coefficient (Wildman–Crippen LogP) is 2.46. The lowest BCUT2D eigenvalue weighted by Crippen LogP contribution is -2.47. The molecule has 0 radical (unpaired) electrons. The Bertz CT molecular complexity index is 1000. The van der Waals surface area contributed by atoms with Crippen molar-refractivity contribution in [3.05, 3.63) is 65.9 Å². The molecule has 1 amide bonds. The Balaban J connectivity index is 1.42. The molecule has 0 unspecified atom stereocenters. The fourth-order valence-electron chi connectivity index (χ4n) is 3.25. The average Bonchev–Trinajstić information content (AvgIpc) is 2.77. The predicted molar refractivity (Wildman–Crippen MR) is 112 cm³/mol. The van der Waals surface area contributed by atoms with Crippen molar-refractivity contribution in [2.75, 3.05) is 41.3 Å². The summed E-state index contributed by atoms with van der Waals surface area (Å²) in [5, 5.41) is 2.91. The lowest BCUT2D eigenvalue weighted by molar-refractivity contribution is 0.102. The molecule has 1 aliphatic rings. The molecular weight excluding hydrogens is 366 g/mol. The molecule has 2 aromatic heterocycles. The molecular formula is C21H23N7O. The largest absolute Gasteiger partial charge is 0.353 e. The lowest BCUT2D eigenvalue weighted by Gasteiger charge is -2.35. The van der Waals surface area contributed by atoms with Crippen molar-refractivity contribution in [1.29, 1.82) is 0 Å². The summed E-state index contributed by atoms with van der Waals surface area (Å²) < 4.78 is 0. The number of piperazine rings is 1. The normalized spacial score (nSPS) is 14.0. The van der Waals surface area contributed by atoms with Crippen LogP contribution in [0.5, 0.6) is 0 Å². The third-order valence-corrected chi connectivity index (χ3v) is 5.09. The van der Waals surface area contributed by atoms with Crippen LogP contribution in [-0.2, 0) is 0 Å². The van der Waals surface area contributed by atoms with Gasteiger partial charge in [-0.2, -0.15) is 0 Å². The number of aryl methyl sites for hydroxylation is 2. The minimum Gasteiger partial charge on any atom is -0.353 e. The second kappa shape index (κ2) is 8.22. The highest BCUT2D eigenvalue weighted by Gasteiger charge is 2.21. The molecule has 1 aromatic carbocycles. The van der Waals surface area contributed by atoms with Gasteiger partial charge in [0.05, 0.1) is 0 Å². The summed E-state index contributed by atoms with van der Waals surface area (Å²) in [5.74, 6) is 1.25. The van der Waals surface area contributed by atoms with Gasteiger partial charge in [-0.25, -0.2) is 19.9 Å². The van der Waals surface area contributed by atoms with E-state index in [0.29, 0.717) is 5.69 Å². The number of benzene rings is 1. The van der Waals surface area contributed by atoms with Crippen LogP contribution < -0.4 is 15.1 Å². The fraction of sp³-hybridized carbons (Fsp3) is 0.286. The van der Waals surface area contributed by atoms with Crippen LogP contribution in [0, 0.1) is 13.8 Å². The number of nitrogens with one attached hydrogen (secondary N) is 1. The smallest absolute Gasteiger partial charge is 0.274 e. The van der Waals surface area contributed by atoms with E-state index in [1.807, 2.05) is 38.1 Å². The number of aromatic nitrogens is 4. The van der Waals surface area contributed by atoms with Gasteiger partial charge in [-0.05, 0) is 43.2 Å². The van der Waals surface area contributed by atoms with Crippen LogP contribution in [0.4, 0.5) is 17.5 Å². The molecule has 148 valence electrons. The van der Waals surface area contributed by atoms with Crippen LogP contribution in [0.25, 0.3) is 0 Å². The van der Waals surface area contributed by atoms with Crippen LogP contribution in [0.1, 0.15) is 21.6 Å². The number of amides is 1. The molecule has 29 heavy (non-hydrogen) atoms. The summed E-state index contributed by atoms with van der Waals surface area (Å²) in [6, 6.07) is 9.40. The van der Waals surface area contributed by atoms with Crippen LogP contribution in [0.2, 0.25) is 0 Å². The second-order valence-corrected chi connectivity index (χ2v) is 7.04. The molecule has 3 heterocycles. The zero-order valence-corrected chi connectivity index (χ0v) is 16.5. The van der Waals surface area contributed by atoms with Crippen molar-refractivity contribution in [2.24, 2.45) is 0 Å². The molecule has 1 saturated heterocycles. The Kier molecular flexibility index (Phi) is 5.33. The highest BCUT2D eigenvalue weighted by Crippen LogP contribution is 2.18. The van der Waals surface area contributed by atoms with Crippen molar-refractivity contribution in [3.63, 3.8) is 0 Å². The zero-order chi connectivity index (χ0) is 20.2. The molecule has 0 saturated carbocycles. The van der Waals surface area contributed by atoms with Gasteiger partial charge in [-0.3, -0.25) is 4.79 Å². The monoisotopic (exact) mass is 389 g/mol. The van der Waals surface area contributed by atoms with Gasteiger partial charge in [-0.1, -0.05) is 6.07 Å². The van der Waals surface area contributed by atoms with E-state index in [1.54, 1.807) is 18.5 Å². The second-order valence-electron chi connectivity index (χ2n) is 7.04. The van der Waals surface area contributed by atoms with E-state index in [2.05, 4.69) is 35.1 Å². The number of carbonyl (C=O) groups excluding carboxylic acids is 1. The Morgan fingerprint density at radius 2 is 1.62 bits per heavy atom. The molecule has 8 nitrogen and oxygen atoms in total. The van der Waals surface area contributed by atoms with Gasteiger partial charge < -0.3 is 15.1 Å². The van der Waals surface area contributed by atoms with Gasteiger partial charge >= 0.3 is 0 Å². The van der Waals surface area contributed by atoms with Crippen LogP contribution in [0.15, 0.2) is 49.1 Å². The first-order valence-corrected chi connectivity index (χ1v) is 9.58. The molecule has 8 heteroatoms. The molecule has 3 aromatic rings. The van der Waals surface area contributed by atoms with Gasteiger partial charge in [0.25, 0.3) is 5.91 Å². The molecule has 0 spiro atoms. The van der Waals surface area contributed by atoms with Gasteiger partial charge in [0, 0.05) is 50.3 Å². The summed E-state index contributed by atoms with van der Waals surface area (Å²) in [5.41, 5.74) is 3.43. The topological polar surface area (TPSA) is 87.1 Å². The van der Waals surface area contributed by atoms with Gasteiger partial charge in [-0.15, -0.1) is 0 Å². The molecule has 4 rings (SSSR count). The molecule has 1 aliphatic heterocycles. The van der Waals surface area contributed by atoms with Gasteiger partial charge in [0.2, 0.25) is 5.95 Å². The first-order valence-electron chi connectivity index (χ1n) is 9.58. The number of hydrogen-bond acceptors (Lipinski definition) is 7. The first-order chi connectivity index (χ1) is 14.1. The summed E-state index contributed by atoms with van der Waals surface area (Å²) in [6.07, 6.45) is 4.94. The van der Waals surface area contributed by atoms with E-state index in [0.717, 1.165) is 49.2 Å². The maximum Gasteiger partial charge on any atom is 0.274 e. The third-order valence-electron chi connectivity index (χ3n) is 5.09. The summed E-state index contributed by atoms with van der Waals surface area (Å²) in [7, 11) is 0. The van der Waals surface area contributed by atoms with E-state index in [1.165, 1.54) is 11.9 Å². The van der Waals surface area contributed by atoms with Crippen LogP contribution in [0.3, 0.4) is 0 Å².